The number of rotatable bonds is 3. The summed E-state index contributed by atoms with van der Waals surface area (Å²) < 4.78 is 5.82. The molecule has 37 heavy (non-hydrogen) atoms. The number of aromatic amines is 1. The highest BCUT2D eigenvalue weighted by Gasteiger charge is 2.25. The van der Waals surface area contributed by atoms with Crippen LogP contribution in [0.2, 0.25) is 0 Å². The monoisotopic (exact) mass is 494 g/mol. The second-order valence-corrected chi connectivity index (χ2v) is 10.3. The van der Waals surface area contributed by atoms with Crippen molar-refractivity contribution in [1.29, 1.82) is 0 Å². The van der Waals surface area contributed by atoms with Gasteiger partial charge in [0.15, 0.2) is 5.65 Å². The average molecular weight is 495 g/mol. The lowest BCUT2D eigenvalue weighted by atomic mass is 10.0. The number of carbonyl (C=O) groups excluding carboxylic acids is 1. The molecule has 1 saturated heterocycles. The first-order valence-corrected chi connectivity index (χ1v) is 13.4. The first kappa shape index (κ1) is 22.4. The van der Waals surface area contributed by atoms with Gasteiger partial charge in [0, 0.05) is 34.4 Å². The maximum absolute atomic E-state index is 12.3. The van der Waals surface area contributed by atoms with E-state index in [1.54, 1.807) is 6.07 Å². The fourth-order valence-corrected chi connectivity index (χ4v) is 6.04. The topological polar surface area (TPSA) is 96.0 Å². The Morgan fingerprint density at radius 1 is 1.00 bits per heavy atom. The Balaban J connectivity index is 1.20. The Bertz CT molecular complexity index is 1490. The summed E-state index contributed by atoms with van der Waals surface area (Å²) >= 11 is 0. The fourth-order valence-electron chi connectivity index (χ4n) is 6.04. The first-order chi connectivity index (χ1) is 18.2. The van der Waals surface area contributed by atoms with Crippen molar-refractivity contribution >= 4 is 16.9 Å². The van der Waals surface area contributed by atoms with Gasteiger partial charge in [0.2, 0.25) is 0 Å². The minimum Gasteiger partial charge on any atom is -0.491 e. The van der Waals surface area contributed by atoms with E-state index in [0.717, 1.165) is 46.4 Å². The van der Waals surface area contributed by atoms with Crippen molar-refractivity contribution in [1.82, 2.24) is 30.4 Å². The van der Waals surface area contributed by atoms with Crippen molar-refractivity contribution in [2.75, 3.05) is 26.2 Å². The maximum atomic E-state index is 12.3. The smallest absolute Gasteiger partial charge is 0.255 e. The number of benzene rings is 1. The molecule has 4 aromatic rings. The van der Waals surface area contributed by atoms with Crippen LogP contribution in [0.3, 0.4) is 0 Å². The number of pyridine rings is 2. The number of H-pyrrole nitrogens is 1. The van der Waals surface area contributed by atoms with E-state index in [-0.39, 0.29) is 5.91 Å². The molecule has 2 N–H and O–H groups in total. The average Bonchev–Trinajstić information content (AvgIpc) is 3.52. The van der Waals surface area contributed by atoms with Gasteiger partial charge in [-0.15, -0.1) is 0 Å². The van der Waals surface area contributed by atoms with Crippen LogP contribution in [0.25, 0.3) is 33.5 Å². The summed E-state index contributed by atoms with van der Waals surface area (Å²) in [4.78, 5) is 24.8. The molecule has 1 fully saturated rings. The second kappa shape index (κ2) is 9.27. The van der Waals surface area contributed by atoms with Crippen LogP contribution in [-0.2, 0) is 12.8 Å². The highest BCUT2D eigenvalue weighted by atomic mass is 16.5. The highest BCUT2D eigenvalue weighted by Crippen LogP contribution is 2.33. The number of carbonyl (C=O) groups is 1. The van der Waals surface area contributed by atoms with Crippen LogP contribution in [-0.4, -0.2) is 63.3 Å². The molecular formula is C29H30N6O2. The Morgan fingerprint density at radius 3 is 2.81 bits per heavy atom. The number of aromatic nitrogens is 4. The van der Waals surface area contributed by atoms with Gasteiger partial charge >= 0.3 is 0 Å². The van der Waals surface area contributed by atoms with Gasteiger partial charge in [-0.3, -0.25) is 14.9 Å². The molecule has 0 saturated carbocycles. The zero-order valence-electron chi connectivity index (χ0n) is 20.8. The molecule has 0 bridgehead atoms. The molecule has 3 aromatic heterocycles. The van der Waals surface area contributed by atoms with E-state index in [0.29, 0.717) is 30.5 Å². The third-order valence-electron chi connectivity index (χ3n) is 8.04. The number of likely N-dealkylation sites (tertiary alicyclic amines) is 1. The van der Waals surface area contributed by atoms with Gasteiger partial charge in [-0.25, -0.2) is 4.98 Å². The van der Waals surface area contributed by atoms with E-state index in [2.05, 4.69) is 43.6 Å². The normalized spacial score (nSPS) is 20.0. The van der Waals surface area contributed by atoms with Gasteiger partial charge in [-0.05, 0) is 81.4 Å². The van der Waals surface area contributed by atoms with E-state index in [1.165, 1.54) is 50.0 Å². The van der Waals surface area contributed by atoms with Crippen LogP contribution in [0.4, 0.5) is 0 Å². The van der Waals surface area contributed by atoms with Gasteiger partial charge in [-0.1, -0.05) is 12.1 Å². The molecular weight excluding hydrogens is 464 g/mol. The number of amides is 1. The molecule has 1 aliphatic carbocycles. The number of aryl methyl sites for hydroxylation is 2. The summed E-state index contributed by atoms with van der Waals surface area (Å²) in [6, 6.07) is 12.8. The third-order valence-corrected chi connectivity index (χ3v) is 8.04. The van der Waals surface area contributed by atoms with Crippen LogP contribution in [0.1, 0.15) is 47.3 Å². The summed E-state index contributed by atoms with van der Waals surface area (Å²) in [7, 11) is 0. The van der Waals surface area contributed by atoms with E-state index in [9.17, 15) is 4.79 Å². The predicted molar refractivity (Wildman–Crippen MR) is 142 cm³/mol. The third kappa shape index (κ3) is 4.15. The lowest BCUT2D eigenvalue weighted by Gasteiger charge is -2.25. The van der Waals surface area contributed by atoms with Gasteiger partial charge in [0.25, 0.3) is 5.91 Å². The quantitative estimate of drug-likeness (QED) is 0.416. The van der Waals surface area contributed by atoms with Gasteiger partial charge < -0.3 is 15.0 Å². The summed E-state index contributed by atoms with van der Waals surface area (Å²) in [6.07, 6.45) is 9.09. The molecule has 188 valence electrons. The zero-order chi connectivity index (χ0) is 24.8. The Morgan fingerprint density at radius 2 is 1.89 bits per heavy atom. The van der Waals surface area contributed by atoms with Crippen LogP contribution in [0.5, 0.6) is 5.75 Å². The number of hydrogen-bond acceptors (Lipinski definition) is 6. The van der Waals surface area contributed by atoms with E-state index in [4.69, 9.17) is 9.72 Å². The standard InChI is InChI=1S/C29H30N6O2/c36-29-22-8-4-19(16-26(22)37-14-11-30-29)27-23-15-20(17-31-28(23)34-33-27)25-9-5-18-3-6-21(7-10-24(18)32-25)35-12-1-2-13-35/h4-5,8-9,15-17,21H,1-3,6-7,10-14H2,(H,30,36)(H,31,33,34). The van der Waals surface area contributed by atoms with E-state index < -0.39 is 0 Å². The number of ether oxygens (including phenoxy) is 1. The zero-order valence-corrected chi connectivity index (χ0v) is 20.8. The molecule has 1 amide bonds. The van der Waals surface area contributed by atoms with Crippen LogP contribution in [0, 0.1) is 0 Å². The molecule has 0 spiro atoms. The SMILES string of the molecule is O=C1NCCOc2cc(-c3n[nH]c4ncc(-c5ccc6c(n5)CCC(N5CCCC5)CC6)cc34)ccc21. The van der Waals surface area contributed by atoms with Gasteiger partial charge in [0.05, 0.1) is 17.8 Å². The van der Waals surface area contributed by atoms with Crippen molar-refractivity contribution in [2.24, 2.45) is 0 Å². The summed E-state index contributed by atoms with van der Waals surface area (Å²) in [5.74, 6) is 0.461. The van der Waals surface area contributed by atoms with Crippen LogP contribution < -0.4 is 10.1 Å². The summed E-state index contributed by atoms with van der Waals surface area (Å²) in [6.45, 7) is 3.44. The van der Waals surface area contributed by atoms with Crippen molar-refractivity contribution < 1.29 is 9.53 Å². The summed E-state index contributed by atoms with van der Waals surface area (Å²) in [5, 5.41) is 11.4. The molecule has 3 aliphatic rings. The largest absolute Gasteiger partial charge is 0.491 e. The fraction of sp³-hybridized carbons (Fsp3) is 0.379. The molecule has 1 unspecified atom stereocenters. The second-order valence-electron chi connectivity index (χ2n) is 10.3. The summed E-state index contributed by atoms with van der Waals surface area (Å²) in [5.41, 5.74) is 7.46. The Hall–Kier alpha value is -3.78. The lowest BCUT2D eigenvalue weighted by Crippen LogP contribution is -2.32. The molecule has 2 aliphatic heterocycles. The number of fused-ring (bicyclic) bond motifs is 3. The minimum absolute atomic E-state index is 0.115. The minimum atomic E-state index is -0.115. The molecule has 0 radical (unpaired) electrons. The number of nitrogens with one attached hydrogen (secondary N) is 2. The molecule has 8 heteroatoms. The van der Waals surface area contributed by atoms with Gasteiger partial charge in [0.1, 0.15) is 18.1 Å². The van der Waals surface area contributed by atoms with Crippen molar-refractivity contribution in [3.63, 3.8) is 0 Å². The van der Waals surface area contributed by atoms with Crippen LogP contribution >= 0.6 is 0 Å². The molecule has 5 heterocycles. The van der Waals surface area contributed by atoms with E-state index in [1.807, 2.05) is 18.3 Å². The number of hydrogen-bond donors (Lipinski definition) is 2. The van der Waals surface area contributed by atoms with Crippen molar-refractivity contribution in [2.45, 2.75) is 44.6 Å². The van der Waals surface area contributed by atoms with Crippen molar-refractivity contribution in [3.05, 3.63) is 59.4 Å². The molecule has 1 aromatic carbocycles. The molecule has 8 nitrogen and oxygen atoms in total. The van der Waals surface area contributed by atoms with E-state index >= 15 is 0 Å². The number of nitrogens with zero attached hydrogens (tertiary/aromatic N) is 4. The van der Waals surface area contributed by atoms with Gasteiger partial charge in [-0.2, -0.15) is 5.10 Å². The predicted octanol–water partition coefficient (Wildman–Crippen LogP) is 4.15. The Kier molecular flexibility index (Phi) is 5.61. The lowest BCUT2D eigenvalue weighted by molar-refractivity contribution is 0.0957. The van der Waals surface area contributed by atoms with Crippen LogP contribution in [0.15, 0.2) is 42.6 Å². The first-order valence-electron chi connectivity index (χ1n) is 13.4. The molecule has 1 atom stereocenters. The molecule has 7 rings (SSSR count). The maximum Gasteiger partial charge on any atom is 0.255 e. The Labute approximate surface area is 215 Å². The highest BCUT2D eigenvalue weighted by molar-refractivity contribution is 5.99. The van der Waals surface area contributed by atoms with Crippen molar-refractivity contribution in [3.8, 4) is 28.3 Å².